The second kappa shape index (κ2) is 6.06. The van der Waals surface area contributed by atoms with Crippen LogP contribution >= 0.6 is 11.5 Å². The molecule has 0 radical (unpaired) electrons. The van der Waals surface area contributed by atoms with Crippen molar-refractivity contribution in [3.05, 3.63) is 11.1 Å². The molecule has 2 N–H and O–H groups in total. The van der Waals surface area contributed by atoms with Gasteiger partial charge in [0.1, 0.15) is 0 Å². The molecule has 0 bridgehead atoms. The Balaban J connectivity index is 2.05. The quantitative estimate of drug-likeness (QED) is 0.696. The van der Waals surface area contributed by atoms with Crippen molar-refractivity contribution in [3.63, 3.8) is 0 Å². The lowest BCUT2D eigenvalue weighted by Gasteiger charge is -2.13. The van der Waals surface area contributed by atoms with Crippen molar-refractivity contribution in [2.45, 2.75) is 32.9 Å². The van der Waals surface area contributed by atoms with Gasteiger partial charge < -0.3 is 10.4 Å². The molecule has 0 saturated heterocycles. The molecule has 14 heavy (non-hydrogen) atoms. The summed E-state index contributed by atoms with van der Waals surface area (Å²) in [7, 11) is 0. The van der Waals surface area contributed by atoms with Gasteiger partial charge in [-0.2, -0.15) is 0 Å². The van der Waals surface area contributed by atoms with Crippen molar-refractivity contribution in [2.24, 2.45) is 5.92 Å². The second-order valence-corrected chi connectivity index (χ2v) is 4.28. The lowest BCUT2D eigenvalue weighted by Crippen LogP contribution is -2.23. The SMILES string of the molecule is CC(C)C(O)CCNCc1csnn1. The Morgan fingerprint density at radius 1 is 1.57 bits per heavy atom. The maximum absolute atomic E-state index is 9.52. The molecule has 5 heteroatoms. The van der Waals surface area contributed by atoms with Gasteiger partial charge in [-0.1, -0.05) is 18.3 Å². The molecular weight excluding hydrogens is 198 g/mol. The Kier molecular flexibility index (Phi) is 5.00. The van der Waals surface area contributed by atoms with Gasteiger partial charge in [-0.05, 0) is 30.4 Å². The van der Waals surface area contributed by atoms with Crippen LogP contribution < -0.4 is 5.32 Å². The molecule has 0 aliphatic carbocycles. The van der Waals surface area contributed by atoms with Crippen LogP contribution in [-0.4, -0.2) is 27.3 Å². The molecule has 80 valence electrons. The van der Waals surface area contributed by atoms with Gasteiger partial charge in [0.25, 0.3) is 0 Å². The summed E-state index contributed by atoms with van der Waals surface area (Å²) in [4.78, 5) is 0. The minimum atomic E-state index is -0.212. The number of aliphatic hydroxyl groups is 1. The van der Waals surface area contributed by atoms with Gasteiger partial charge in [0.15, 0.2) is 0 Å². The van der Waals surface area contributed by atoms with Crippen LogP contribution in [0, 0.1) is 5.92 Å². The van der Waals surface area contributed by atoms with Gasteiger partial charge in [-0.3, -0.25) is 0 Å². The van der Waals surface area contributed by atoms with E-state index < -0.39 is 0 Å². The third-order valence-electron chi connectivity index (χ3n) is 2.10. The van der Waals surface area contributed by atoms with E-state index in [1.165, 1.54) is 11.5 Å². The smallest absolute Gasteiger partial charge is 0.0893 e. The molecule has 1 aromatic heterocycles. The highest BCUT2D eigenvalue weighted by molar-refractivity contribution is 7.03. The zero-order chi connectivity index (χ0) is 10.4. The van der Waals surface area contributed by atoms with Gasteiger partial charge in [0.2, 0.25) is 0 Å². The minimum Gasteiger partial charge on any atom is -0.393 e. The van der Waals surface area contributed by atoms with E-state index in [1.807, 2.05) is 19.2 Å². The summed E-state index contributed by atoms with van der Waals surface area (Å²) in [6.45, 7) is 5.60. The van der Waals surface area contributed by atoms with Crippen molar-refractivity contribution in [3.8, 4) is 0 Å². The third kappa shape index (κ3) is 4.13. The molecule has 1 rings (SSSR count). The summed E-state index contributed by atoms with van der Waals surface area (Å²) in [6, 6.07) is 0. The molecule has 0 aliphatic rings. The molecule has 4 nitrogen and oxygen atoms in total. The number of nitrogens with zero attached hydrogens (tertiary/aromatic N) is 2. The van der Waals surface area contributed by atoms with Crippen molar-refractivity contribution in [1.29, 1.82) is 0 Å². The molecule has 0 fully saturated rings. The van der Waals surface area contributed by atoms with E-state index >= 15 is 0 Å². The van der Waals surface area contributed by atoms with E-state index in [0.29, 0.717) is 5.92 Å². The average Bonchev–Trinajstić information content (AvgIpc) is 2.64. The molecule has 0 saturated carbocycles. The Morgan fingerprint density at radius 3 is 2.93 bits per heavy atom. The van der Waals surface area contributed by atoms with Gasteiger partial charge in [-0.25, -0.2) is 0 Å². The monoisotopic (exact) mass is 215 g/mol. The number of aliphatic hydroxyl groups excluding tert-OH is 1. The zero-order valence-corrected chi connectivity index (χ0v) is 9.42. The first-order valence-corrected chi connectivity index (χ1v) is 5.68. The standard InChI is InChI=1S/C9H17N3OS/c1-7(2)9(13)3-4-10-5-8-6-14-12-11-8/h6-7,9-10,13H,3-5H2,1-2H3. The van der Waals surface area contributed by atoms with E-state index in [4.69, 9.17) is 0 Å². The summed E-state index contributed by atoms with van der Waals surface area (Å²) in [5.74, 6) is 0.331. The van der Waals surface area contributed by atoms with Crippen molar-refractivity contribution >= 4 is 11.5 Å². The third-order valence-corrected chi connectivity index (χ3v) is 2.65. The van der Waals surface area contributed by atoms with E-state index in [-0.39, 0.29) is 6.10 Å². The first-order chi connectivity index (χ1) is 6.70. The van der Waals surface area contributed by atoms with Gasteiger partial charge in [0, 0.05) is 11.9 Å². The fraction of sp³-hybridized carbons (Fsp3) is 0.778. The summed E-state index contributed by atoms with van der Waals surface area (Å²) >= 11 is 1.36. The second-order valence-electron chi connectivity index (χ2n) is 3.67. The number of hydrogen-bond acceptors (Lipinski definition) is 5. The number of rotatable bonds is 6. The van der Waals surface area contributed by atoms with Gasteiger partial charge >= 0.3 is 0 Å². The predicted molar refractivity (Wildman–Crippen MR) is 57.1 cm³/mol. The normalized spacial score (nSPS) is 13.4. The maximum atomic E-state index is 9.52. The van der Waals surface area contributed by atoms with Crippen LogP contribution in [0.4, 0.5) is 0 Å². The van der Waals surface area contributed by atoms with E-state index in [0.717, 1.165) is 25.2 Å². The Bertz CT molecular complexity index is 238. The van der Waals surface area contributed by atoms with E-state index in [9.17, 15) is 5.11 Å². The van der Waals surface area contributed by atoms with Crippen LogP contribution in [0.2, 0.25) is 0 Å². The van der Waals surface area contributed by atoms with E-state index in [1.54, 1.807) is 0 Å². The first-order valence-electron chi connectivity index (χ1n) is 4.85. The molecule has 1 unspecified atom stereocenters. The van der Waals surface area contributed by atoms with Crippen LogP contribution in [0.1, 0.15) is 26.0 Å². The Morgan fingerprint density at radius 2 is 2.36 bits per heavy atom. The molecule has 0 aliphatic heterocycles. The number of hydrogen-bond donors (Lipinski definition) is 2. The van der Waals surface area contributed by atoms with Crippen LogP contribution in [-0.2, 0) is 6.54 Å². The van der Waals surface area contributed by atoms with Crippen molar-refractivity contribution < 1.29 is 5.11 Å². The van der Waals surface area contributed by atoms with Crippen LogP contribution in [0.15, 0.2) is 5.38 Å². The Labute approximate surface area is 88.5 Å². The fourth-order valence-electron chi connectivity index (χ4n) is 1.06. The summed E-state index contributed by atoms with van der Waals surface area (Å²) in [5, 5.41) is 18.6. The predicted octanol–water partition coefficient (Wildman–Crippen LogP) is 1.03. The van der Waals surface area contributed by atoms with Crippen LogP contribution in [0.25, 0.3) is 0 Å². The highest BCUT2D eigenvalue weighted by Gasteiger charge is 2.07. The summed E-state index contributed by atoms with van der Waals surface area (Å²) in [5.41, 5.74) is 0.967. The molecule has 0 amide bonds. The molecule has 0 spiro atoms. The molecule has 1 atom stereocenters. The lowest BCUT2D eigenvalue weighted by molar-refractivity contribution is 0.116. The van der Waals surface area contributed by atoms with Gasteiger partial charge in [-0.15, -0.1) is 5.10 Å². The summed E-state index contributed by atoms with van der Waals surface area (Å²) < 4.78 is 3.77. The maximum Gasteiger partial charge on any atom is 0.0893 e. The topological polar surface area (TPSA) is 58.0 Å². The minimum absolute atomic E-state index is 0.212. The average molecular weight is 215 g/mol. The largest absolute Gasteiger partial charge is 0.393 e. The number of nitrogens with one attached hydrogen (secondary N) is 1. The van der Waals surface area contributed by atoms with Gasteiger partial charge in [0.05, 0.1) is 11.8 Å². The fourth-order valence-corrected chi connectivity index (χ4v) is 1.51. The lowest BCUT2D eigenvalue weighted by atomic mass is 10.0. The number of aromatic nitrogens is 2. The Hall–Kier alpha value is -0.520. The molecule has 0 aromatic carbocycles. The molecule has 1 heterocycles. The van der Waals surface area contributed by atoms with Crippen molar-refractivity contribution in [2.75, 3.05) is 6.54 Å². The van der Waals surface area contributed by atoms with Crippen LogP contribution in [0.3, 0.4) is 0 Å². The van der Waals surface area contributed by atoms with E-state index in [2.05, 4.69) is 14.9 Å². The first kappa shape index (κ1) is 11.6. The van der Waals surface area contributed by atoms with Crippen molar-refractivity contribution in [1.82, 2.24) is 14.9 Å². The molecule has 1 aromatic rings. The summed E-state index contributed by atoms with van der Waals surface area (Å²) in [6.07, 6.45) is 0.575. The molecular formula is C9H17N3OS. The van der Waals surface area contributed by atoms with Crippen LogP contribution in [0.5, 0.6) is 0 Å². The highest BCUT2D eigenvalue weighted by Crippen LogP contribution is 2.04. The highest BCUT2D eigenvalue weighted by atomic mass is 32.1. The zero-order valence-electron chi connectivity index (χ0n) is 8.60.